The van der Waals surface area contributed by atoms with Gasteiger partial charge in [-0.2, -0.15) is 0 Å². The molecule has 0 amide bonds. The van der Waals surface area contributed by atoms with Gasteiger partial charge in [-0.3, -0.25) is 9.97 Å². The van der Waals surface area contributed by atoms with Gasteiger partial charge in [-0.25, -0.2) is 0 Å². The summed E-state index contributed by atoms with van der Waals surface area (Å²) in [7, 11) is 0. The van der Waals surface area contributed by atoms with Gasteiger partial charge in [-0.05, 0) is 107 Å². The lowest BCUT2D eigenvalue weighted by Gasteiger charge is -2.21. The van der Waals surface area contributed by atoms with E-state index in [9.17, 15) is 10.4 Å². The Bertz CT molecular complexity index is 1900. The highest BCUT2D eigenvalue weighted by atomic mass is 79.9. The summed E-state index contributed by atoms with van der Waals surface area (Å²) in [6.45, 7) is 4.25. The van der Waals surface area contributed by atoms with Crippen LogP contribution in [-0.2, 0) is 12.8 Å². The van der Waals surface area contributed by atoms with Crippen LogP contribution in [0.4, 0.5) is 0 Å². The standard InChI is InChI=1S/2C22H21BrN2O/c2*1-16-4-2-3-5-21(16)22(18-6-8-19(23)9-7-18)15-20(25-26)14-17-10-12-24-13-11-17/h2*2-13,22,26H,14-15H2,1H3/b25-20+;25-20-/t2*22-/m11/s1. The van der Waals surface area contributed by atoms with Crippen molar-refractivity contribution in [3.63, 3.8) is 0 Å². The maximum atomic E-state index is 9.61. The first-order chi connectivity index (χ1) is 25.3. The van der Waals surface area contributed by atoms with Crippen molar-refractivity contribution >= 4 is 43.3 Å². The van der Waals surface area contributed by atoms with E-state index >= 15 is 0 Å². The first kappa shape index (κ1) is 38.3. The summed E-state index contributed by atoms with van der Waals surface area (Å²) in [6.07, 6.45) is 9.58. The molecule has 52 heavy (non-hydrogen) atoms. The molecule has 2 heterocycles. The van der Waals surface area contributed by atoms with Gasteiger partial charge >= 0.3 is 0 Å². The average Bonchev–Trinajstić information content (AvgIpc) is 3.18. The summed E-state index contributed by atoms with van der Waals surface area (Å²) in [5.41, 5.74) is 11.1. The minimum atomic E-state index is 0.136. The van der Waals surface area contributed by atoms with Gasteiger partial charge in [-0.15, -0.1) is 0 Å². The summed E-state index contributed by atoms with van der Waals surface area (Å²) in [6, 6.07) is 41.3. The molecule has 2 aromatic heterocycles. The van der Waals surface area contributed by atoms with Crippen LogP contribution in [0.25, 0.3) is 0 Å². The number of aromatic nitrogens is 2. The molecule has 0 saturated heterocycles. The Labute approximate surface area is 323 Å². The van der Waals surface area contributed by atoms with Gasteiger partial charge in [-0.1, -0.05) is 115 Å². The lowest BCUT2D eigenvalue weighted by Crippen LogP contribution is -2.12. The number of benzene rings is 4. The third-order valence-corrected chi connectivity index (χ3v) is 10.2. The van der Waals surface area contributed by atoms with Gasteiger partial charge < -0.3 is 10.4 Å². The molecule has 4 aromatic carbocycles. The van der Waals surface area contributed by atoms with Crippen molar-refractivity contribution in [1.82, 2.24) is 9.97 Å². The van der Waals surface area contributed by atoms with E-state index in [1.54, 1.807) is 24.8 Å². The van der Waals surface area contributed by atoms with E-state index in [-0.39, 0.29) is 11.8 Å². The summed E-state index contributed by atoms with van der Waals surface area (Å²) < 4.78 is 2.11. The predicted molar refractivity (Wildman–Crippen MR) is 218 cm³/mol. The van der Waals surface area contributed by atoms with E-state index in [1.807, 2.05) is 24.3 Å². The molecule has 0 radical (unpaired) electrons. The highest BCUT2D eigenvalue weighted by Gasteiger charge is 2.21. The Morgan fingerprint density at radius 2 is 0.865 bits per heavy atom. The summed E-state index contributed by atoms with van der Waals surface area (Å²) >= 11 is 7.01. The van der Waals surface area contributed by atoms with E-state index in [0.29, 0.717) is 25.7 Å². The SMILES string of the molecule is Cc1ccccc1[C@H](C/C(Cc1ccncc1)=N/O)c1ccc(Br)cc1.Cc1ccccc1[C@H](C/C(Cc1ccncc1)=N\O)c1ccc(Br)cc1. The van der Waals surface area contributed by atoms with Crippen LogP contribution in [0.5, 0.6) is 0 Å². The van der Waals surface area contributed by atoms with Crippen LogP contribution in [0.15, 0.2) is 165 Å². The molecular formula is C44H42Br2N4O2. The molecule has 6 aromatic rings. The second kappa shape index (κ2) is 19.6. The lowest BCUT2D eigenvalue weighted by molar-refractivity contribution is 0.316. The maximum Gasteiger partial charge on any atom is 0.0623 e. The Morgan fingerprint density at radius 3 is 1.19 bits per heavy atom. The fourth-order valence-corrected chi connectivity index (χ4v) is 6.93. The second-order valence-electron chi connectivity index (χ2n) is 12.7. The third kappa shape index (κ3) is 11.0. The van der Waals surface area contributed by atoms with E-state index in [0.717, 1.165) is 31.5 Å². The van der Waals surface area contributed by atoms with Crippen LogP contribution in [0.3, 0.4) is 0 Å². The third-order valence-electron chi connectivity index (χ3n) is 9.15. The number of hydrogen-bond acceptors (Lipinski definition) is 6. The first-order valence-electron chi connectivity index (χ1n) is 17.1. The van der Waals surface area contributed by atoms with Crippen LogP contribution >= 0.6 is 31.9 Å². The molecule has 2 atom stereocenters. The normalized spacial score (nSPS) is 12.8. The van der Waals surface area contributed by atoms with Gasteiger partial charge in [0.1, 0.15) is 0 Å². The number of pyridine rings is 2. The monoisotopic (exact) mass is 816 g/mol. The molecule has 0 aliphatic heterocycles. The average molecular weight is 819 g/mol. The molecular weight excluding hydrogens is 776 g/mol. The van der Waals surface area contributed by atoms with Crippen LogP contribution in [0.1, 0.15) is 69.2 Å². The quantitative estimate of drug-likeness (QED) is 0.0731. The lowest BCUT2D eigenvalue weighted by atomic mass is 9.84. The van der Waals surface area contributed by atoms with Crippen molar-refractivity contribution in [2.24, 2.45) is 10.3 Å². The molecule has 6 nitrogen and oxygen atoms in total. The summed E-state index contributed by atoms with van der Waals surface area (Å²) in [4.78, 5) is 8.10. The number of rotatable bonds is 12. The Hall–Kier alpha value is -4.92. The van der Waals surface area contributed by atoms with Crippen molar-refractivity contribution in [3.8, 4) is 0 Å². The van der Waals surface area contributed by atoms with E-state index in [4.69, 9.17) is 0 Å². The Balaban J connectivity index is 0.000000201. The van der Waals surface area contributed by atoms with Gasteiger partial charge in [0.05, 0.1) is 11.4 Å². The molecule has 0 unspecified atom stereocenters. The summed E-state index contributed by atoms with van der Waals surface area (Å²) in [5, 5.41) is 26.4. The first-order valence-corrected chi connectivity index (χ1v) is 18.7. The zero-order valence-corrected chi connectivity index (χ0v) is 32.5. The largest absolute Gasteiger partial charge is 0.411 e. The number of aryl methyl sites for hydroxylation is 2. The van der Waals surface area contributed by atoms with Crippen molar-refractivity contribution in [1.29, 1.82) is 0 Å². The highest BCUT2D eigenvalue weighted by molar-refractivity contribution is 9.10. The number of nitrogens with zero attached hydrogens (tertiary/aromatic N) is 4. The maximum absolute atomic E-state index is 9.61. The molecule has 2 N–H and O–H groups in total. The zero-order valence-electron chi connectivity index (χ0n) is 29.3. The van der Waals surface area contributed by atoms with E-state index in [2.05, 4.69) is 163 Å². The minimum Gasteiger partial charge on any atom is -0.411 e. The highest BCUT2D eigenvalue weighted by Crippen LogP contribution is 2.33. The fraction of sp³-hybridized carbons (Fsp3) is 0.182. The summed E-state index contributed by atoms with van der Waals surface area (Å²) in [5.74, 6) is 0.272. The zero-order chi connectivity index (χ0) is 36.7. The molecule has 0 fully saturated rings. The smallest absolute Gasteiger partial charge is 0.0623 e. The molecule has 8 heteroatoms. The van der Waals surface area contributed by atoms with Crippen LogP contribution in [-0.4, -0.2) is 31.8 Å². The van der Waals surface area contributed by atoms with Gasteiger partial charge in [0.25, 0.3) is 0 Å². The molecule has 0 saturated carbocycles. The molecule has 0 aliphatic carbocycles. The van der Waals surface area contributed by atoms with Crippen molar-refractivity contribution in [2.75, 3.05) is 0 Å². The number of halogens is 2. The molecule has 264 valence electrons. The topological polar surface area (TPSA) is 91.0 Å². The van der Waals surface area contributed by atoms with E-state index in [1.165, 1.54) is 33.4 Å². The predicted octanol–water partition coefficient (Wildman–Crippen LogP) is 11.5. The molecule has 6 rings (SSSR count). The molecule has 0 spiro atoms. The van der Waals surface area contributed by atoms with Crippen LogP contribution < -0.4 is 0 Å². The van der Waals surface area contributed by atoms with Crippen LogP contribution in [0.2, 0.25) is 0 Å². The number of oxime groups is 2. The fourth-order valence-electron chi connectivity index (χ4n) is 6.40. The van der Waals surface area contributed by atoms with E-state index < -0.39 is 0 Å². The van der Waals surface area contributed by atoms with Crippen molar-refractivity contribution in [3.05, 3.63) is 200 Å². The Morgan fingerprint density at radius 1 is 0.519 bits per heavy atom. The number of hydrogen-bond donors (Lipinski definition) is 2. The van der Waals surface area contributed by atoms with Crippen molar-refractivity contribution < 1.29 is 10.4 Å². The second-order valence-corrected chi connectivity index (χ2v) is 14.6. The minimum absolute atomic E-state index is 0.136. The molecule has 0 aliphatic rings. The Kier molecular flexibility index (Phi) is 14.5. The van der Waals surface area contributed by atoms with Gasteiger partial charge in [0, 0.05) is 71.3 Å². The van der Waals surface area contributed by atoms with Crippen molar-refractivity contribution in [2.45, 2.75) is 51.4 Å². The van der Waals surface area contributed by atoms with Gasteiger partial charge in [0.2, 0.25) is 0 Å². The van der Waals surface area contributed by atoms with Crippen LogP contribution in [0, 0.1) is 13.8 Å². The molecule has 0 bridgehead atoms. The van der Waals surface area contributed by atoms with Gasteiger partial charge in [0.15, 0.2) is 0 Å².